The lowest BCUT2D eigenvalue weighted by Gasteiger charge is -2.34. The monoisotopic (exact) mass is 617 g/mol. The molecule has 0 spiro atoms. The highest BCUT2D eigenvalue weighted by Crippen LogP contribution is 2.27. The molecule has 224 valence electrons. The van der Waals surface area contributed by atoms with E-state index in [4.69, 9.17) is 11.6 Å². The highest BCUT2D eigenvalue weighted by Gasteiger charge is 2.35. The van der Waals surface area contributed by atoms with Crippen molar-refractivity contribution >= 4 is 39.1 Å². The first-order chi connectivity index (χ1) is 20.6. The van der Waals surface area contributed by atoms with Gasteiger partial charge in [0.1, 0.15) is 12.6 Å². The van der Waals surface area contributed by atoms with Gasteiger partial charge in [0.15, 0.2) is 0 Å². The summed E-state index contributed by atoms with van der Waals surface area (Å²) in [6.45, 7) is 5.24. The van der Waals surface area contributed by atoms with Gasteiger partial charge in [-0.2, -0.15) is 0 Å². The number of hydrogen-bond donors (Lipinski definition) is 1. The van der Waals surface area contributed by atoms with E-state index in [1.54, 1.807) is 36.4 Å². The van der Waals surface area contributed by atoms with Crippen molar-refractivity contribution in [3.8, 4) is 0 Å². The Hall–Kier alpha value is -4.14. The number of aryl methyl sites for hydroxylation is 1. The molecule has 2 amide bonds. The summed E-state index contributed by atoms with van der Waals surface area (Å²) in [5.41, 5.74) is 2.92. The van der Waals surface area contributed by atoms with Crippen molar-refractivity contribution in [2.75, 3.05) is 10.8 Å². The van der Waals surface area contributed by atoms with E-state index >= 15 is 0 Å². The van der Waals surface area contributed by atoms with E-state index < -0.39 is 28.5 Å². The van der Waals surface area contributed by atoms with E-state index in [0.717, 1.165) is 21.0 Å². The second-order valence-corrected chi connectivity index (χ2v) is 12.9. The molecular formula is C34H36ClN3O4S. The number of carbonyl (C=O) groups is 2. The minimum Gasteiger partial charge on any atom is -0.352 e. The van der Waals surface area contributed by atoms with Gasteiger partial charge in [0.2, 0.25) is 11.8 Å². The summed E-state index contributed by atoms with van der Waals surface area (Å²) in [4.78, 5) is 29.7. The number of halogens is 1. The van der Waals surface area contributed by atoms with Crippen LogP contribution in [0, 0.1) is 6.92 Å². The highest BCUT2D eigenvalue weighted by molar-refractivity contribution is 7.92. The van der Waals surface area contributed by atoms with Gasteiger partial charge >= 0.3 is 0 Å². The van der Waals surface area contributed by atoms with E-state index in [-0.39, 0.29) is 35.5 Å². The van der Waals surface area contributed by atoms with Crippen LogP contribution in [0.5, 0.6) is 0 Å². The third kappa shape index (κ3) is 8.24. The van der Waals surface area contributed by atoms with Crippen LogP contribution in [0.4, 0.5) is 5.69 Å². The molecule has 4 rings (SSSR count). The number of nitrogens with zero attached hydrogens (tertiary/aromatic N) is 2. The normalized spacial score (nSPS) is 12.0. The molecule has 0 aliphatic heterocycles. The summed E-state index contributed by atoms with van der Waals surface area (Å²) in [6.07, 6.45) is 0.250. The minimum atomic E-state index is -4.18. The molecule has 0 aliphatic carbocycles. The summed E-state index contributed by atoms with van der Waals surface area (Å²) < 4.78 is 29.0. The fourth-order valence-corrected chi connectivity index (χ4v) is 6.40. The first-order valence-corrected chi connectivity index (χ1v) is 15.9. The van der Waals surface area contributed by atoms with Crippen LogP contribution in [-0.2, 0) is 32.6 Å². The van der Waals surface area contributed by atoms with Crippen LogP contribution >= 0.6 is 11.6 Å². The van der Waals surface area contributed by atoms with E-state index in [1.165, 1.54) is 23.1 Å². The zero-order valence-corrected chi connectivity index (χ0v) is 26.1. The zero-order chi connectivity index (χ0) is 31.0. The van der Waals surface area contributed by atoms with Crippen LogP contribution in [0.3, 0.4) is 0 Å². The van der Waals surface area contributed by atoms with Crippen LogP contribution in [0.15, 0.2) is 114 Å². The van der Waals surface area contributed by atoms with Gasteiger partial charge in [-0.15, -0.1) is 0 Å². The van der Waals surface area contributed by atoms with Crippen molar-refractivity contribution in [3.63, 3.8) is 0 Å². The average Bonchev–Trinajstić information content (AvgIpc) is 2.99. The van der Waals surface area contributed by atoms with E-state index in [0.29, 0.717) is 5.02 Å². The molecule has 9 heteroatoms. The SMILES string of the molecule is Cc1ccccc1CN(C(=O)CN(c1cccc(Cl)c1)S(=O)(=O)c1ccccc1)C(Cc1ccccc1)C(=O)NC(C)C. The van der Waals surface area contributed by atoms with Gasteiger partial charge in [0, 0.05) is 24.0 Å². The molecule has 7 nitrogen and oxygen atoms in total. The number of carbonyl (C=O) groups excluding carboxylic acids is 2. The third-order valence-corrected chi connectivity index (χ3v) is 9.03. The van der Waals surface area contributed by atoms with Crippen LogP contribution in [0.1, 0.15) is 30.5 Å². The Balaban J connectivity index is 1.81. The first-order valence-electron chi connectivity index (χ1n) is 14.1. The largest absolute Gasteiger partial charge is 0.352 e. The van der Waals surface area contributed by atoms with E-state index in [1.807, 2.05) is 75.4 Å². The predicted molar refractivity (Wildman–Crippen MR) is 171 cm³/mol. The van der Waals surface area contributed by atoms with E-state index in [2.05, 4.69) is 5.32 Å². The number of anilines is 1. The summed E-state index contributed by atoms with van der Waals surface area (Å²) >= 11 is 6.27. The van der Waals surface area contributed by atoms with Gasteiger partial charge < -0.3 is 10.2 Å². The number of rotatable bonds is 12. The van der Waals surface area contributed by atoms with Crippen molar-refractivity contribution < 1.29 is 18.0 Å². The topological polar surface area (TPSA) is 86.8 Å². The van der Waals surface area contributed by atoms with Crippen molar-refractivity contribution in [1.29, 1.82) is 0 Å². The number of hydrogen-bond acceptors (Lipinski definition) is 4. The van der Waals surface area contributed by atoms with Crippen molar-refractivity contribution in [2.45, 2.75) is 50.7 Å². The molecular weight excluding hydrogens is 582 g/mol. The maximum absolute atomic E-state index is 14.4. The van der Waals surface area contributed by atoms with Gasteiger partial charge in [-0.3, -0.25) is 13.9 Å². The summed E-state index contributed by atoms with van der Waals surface area (Å²) in [5.74, 6) is -0.844. The Morgan fingerprint density at radius 1 is 0.837 bits per heavy atom. The molecule has 0 aromatic heterocycles. The molecule has 1 atom stereocenters. The molecule has 43 heavy (non-hydrogen) atoms. The molecule has 4 aromatic rings. The fraction of sp³-hybridized carbons (Fsp3) is 0.235. The zero-order valence-electron chi connectivity index (χ0n) is 24.5. The lowest BCUT2D eigenvalue weighted by atomic mass is 10.0. The molecule has 4 aromatic carbocycles. The van der Waals surface area contributed by atoms with Crippen LogP contribution in [0.2, 0.25) is 5.02 Å². The molecule has 0 radical (unpaired) electrons. The maximum atomic E-state index is 14.4. The van der Waals surface area contributed by atoms with Gasteiger partial charge in [0.25, 0.3) is 10.0 Å². The lowest BCUT2D eigenvalue weighted by Crippen LogP contribution is -2.54. The standard InChI is InChI=1S/C34H36ClN3O4S/c1-25(2)36-34(40)32(21-27-14-6-4-7-15-27)37(23-28-16-11-10-13-26(28)3)33(39)24-38(30-18-12-17-29(35)22-30)43(41,42)31-19-8-5-9-20-31/h4-20,22,25,32H,21,23-24H2,1-3H3,(H,36,40). The second kappa shape index (κ2) is 14.4. The maximum Gasteiger partial charge on any atom is 0.264 e. The van der Waals surface area contributed by atoms with Crippen molar-refractivity contribution in [1.82, 2.24) is 10.2 Å². The van der Waals surface area contributed by atoms with Crippen LogP contribution in [0.25, 0.3) is 0 Å². The number of benzene rings is 4. The predicted octanol–water partition coefficient (Wildman–Crippen LogP) is 6.01. The Kier molecular flexibility index (Phi) is 10.6. The Bertz CT molecular complexity index is 1650. The van der Waals surface area contributed by atoms with Crippen LogP contribution < -0.4 is 9.62 Å². The van der Waals surface area contributed by atoms with Gasteiger partial charge in [-0.25, -0.2) is 8.42 Å². The number of nitrogens with one attached hydrogen (secondary N) is 1. The van der Waals surface area contributed by atoms with Gasteiger partial charge in [-0.05, 0) is 67.8 Å². The number of amides is 2. The summed E-state index contributed by atoms with van der Waals surface area (Å²) in [7, 11) is -4.18. The fourth-order valence-electron chi connectivity index (χ4n) is 4.79. The molecule has 0 bridgehead atoms. The second-order valence-electron chi connectivity index (χ2n) is 10.6. The molecule has 0 saturated carbocycles. The smallest absolute Gasteiger partial charge is 0.264 e. The van der Waals surface area contributed by atoms with Gasteiger partial charge in [-0.1, -0.05) is 90.5 Å². The number of sulfonamides is 1. The first kappa shape index (κ1) is 31.8. The van der Waals surface area contributed by atoms with Crippen molar-refractivity contribution in [2.24, 2.45) is 0 Å². The molecule has 0 saturated heterocycles. The van der Waals surface area contributed by atoms with Crippen molar-refractivity contribution in [3.05, 3.63) is 131 Å². The van der Waals surface area contributed by atoms with Gasteiger partial charge in [0.05, 0.1) is 10.6 Å². The third-order valence-electron chi connectivity index (χ3n) is 7.01. The molecule has 0 heterocycles. The average molecular weight is 618 g/mol. The Morgan fingerprint density at radius 3 is 2.09 bits per heavy atom. The summed E-state index contributed by atoms with van der Waals surface area (Å²) in [5, 5.41) is 3.29. The summed E-state index contributed by atoms with van der Waals surface area (Å²) in [6, 6.07) is 30.3. The molecule has 0 aliphatic rings. The highest BCUT2D eigenvalue weighted by atomic mass is 35.5. The minimum absolute atomic E-state index is 0.0339. The quantitative estimate of drug-likeness (QED) is 0.211. The Labute approximate surface area is 259 Å². The lowest BCUT2D eigenvalue weighted by molar-refractivity contribution is -0.140. The molecule has 1 N–H and O–H groups in total. The van der Waals surface area contributed by atoms with Crippen LogP contribution in [-0.4, -0.2) is 43.8 Å². The molecule has 1 unspecified atom stereocenters. The van der Waals surface area contributed by atoms with E-state index in [9.17, 15) is 18.0 Å². The Morgan fingerprint density at radius 2 is 1.47 bits per heavy atom. The molecule has 0 fully saturated rings.